The van der Waals surface area contributed by atoms with E-state index in [0.717, 1.165) is 30.8 Å². The van der Waals surface area contributed by atoms with Gasteiger partial charge >= 0.3 is 0 Å². The van der Waals surface area contributed by atoms with Crippen LogP contribution in [0.25, 0.3) is 0 Å². The molecule has 0 aromatic rings. The number of hydrogen-bond donors (Lipinski definition) is 2. The van der Waals surface area contributed by atoms with Crippen LogP contribution in [-0.4, -0.2) is 42.9 Å². The van der Waals surface area contributed by atoms with Gasteiger partial charge in [-0.2, -0.15) is 12.6 Å². The van der Waals surface area contributed by atoms with E-state index in [9.17, 15) is 0 Å². The molecule has 0 aromatic carbocycles. The molecule has 16 heavy (non-hydrogen) atoms. The molecule has 2 atom stereocenters. The smallest absolute Gasteiger partial charge is 0.00671 e. The predicted molar refractivity (Wildman–Crippen MR) is 75.4 cm³/mol. The summed E-state index contributed by atoms with van der Waals surface area (Å²) in [6.45, 7) is 9.47. The van der Waals surface area contributed by atoms with E-state index in [0.29, 0.717) is 0 Å². The minimum Gasteiger partial charge on any atom is -0.316 e. The summed E-state index contributed by atoms with van der Waals surface area (Å²) in [6, 6.07) is 0.799. The lowest BCUT2D eigenvalue weighted by molar-refractivity contribution is 0.114. The molecule has 1 fully saturated rings. The van der Waals surface area contributed by atoms with Crippen molar-refractivity contribution < 1.29 is 0 Å². The highest BCUT2D eigenvalue weighted by Gasteiger charge is 2.23. The summed E-state index contributed by atoms with van der Waals surface area (Å²) in [4.78, 5) is 2.68. The first kappa shape index (κ1) is 14.3. The van der Waals surface area contributed by atoms with Gasteiger partial charge in [0, 0.05) is 24.9 Å². The molecule has 2 nitrogen and oxygen atoms in total. The maximum absolute atomic E-state index is 4.19. The Morgan fingerprint density at radius 3 is 2.81 bits per heavy atom. The van der Waals surface area contributed by atoms with Crippen molar-refractivity contribution in [2.45, 2.75) is 45.6 Å². The molecule has 1 saturated heterocycles. The maximum atomic E-state index is 4.19. The number of rotatable bonds is 7. The summed E-state index contributed by atoms with van der Waals surface area (Å²) >= 11 is 4.19. The summed E-state index contributed by atoms with van der Waals surface area (Å²) in [5, 5.41) is 3.41. The van der Waals surface area contributed by atoms with E-state index in [1.807, 2.05) is 0 Å². The average molecular weight is 244 g/mol. The van der Waals surface area contributed by atoms with E-state index >= 15 is 0 Å². The predicted octanol–water partition coefficient (Wildman–Crippen LogP) is 2.41. The van der Waals surface area contributed by atoms with Crippen molar-refractivity contribution in [3.63, 3.8) is 0 Å². The van der Waals surface area contributed by atoms with Gasteiger partial charge in [-0.15, -0.1) is 0 Å². The summed E-state index contributed by atoms with van der Waals surface area (Å²) in [5.41, 5.74) is 0. The third-order valence-corrected chi connectivity index (χ3v) is 4.00. The highest BCUT2D eigenvalue weighted by atomic mass is 32.1. The van der Waals surface area contributed by atoms with Gasteiger partial charge in [-0.3, -0.25) is 0 Å². The molecule has 96 valence electrons. The Labute approximate surface area is 107 Å². The lowest BCUT2D eigenvalue weighted by Gasteiger charge is -2.37. The molecule has 1 aliphatic rings. The first-order valence-corrected chi connectivity index (χ1v) is 7.46. The number of hydrogen-bond acceptors (Lipinski definition) is 3. The molecular formula is C13H28N2S. The topological polar surface area (TPSA) is 15.3 Å². The number of piperidine rings is 1. The highest BCUT2D eigenvalue weighted by molar-refractivity contribution is 7.80. The fourth-order valence-electron chi connectivity index (χ4n) is 2.52. The van der Waals surface area contributed by atoms with E-state index < -0.39 is 0 Å². The fourth-order valence-corrected chi connectivity index (χ4v) is 2.68. The molecular weight excluding hydrogens is 216 g/mol. The van der Waals surface area contributed by atoms with Crippen molar-refractivity contribution in [1.29, 1.82) is 0 Å². The minimum atomic E-state index is 0.799. The van der Waals surface area contributed by atoms with Crippen molar-refractivity contribution in [3.8, 4) is 0 Å². The van der Waals surface area contributed by atoms with Gasteiger partial charge in [0.05, 0.1) is 0 Å². The van der Waals surface area contributed by atoms with Crippen LogP contribution in [0.1, 0.15) is 39.5 Å². The molecule has 0 unspecified atom stereocenters. The van der Waals surface area contributed by atoms with Gasteiger partial charge in [0.1, 0.15) is 0 Å². The fraction of sp³-hybridized carbons (Fsp3) is 1.00. The van der Waals surface area contributed by atoms with Crippen LogP contribution in [0, 0.1) is 5.92 Å². The largest absolute Gasteiger partial charge is 0.316 e. The average Bonchev–Trinajstić information content (AvgIpc) is 2.31. The Hall–Kier alpha value is 0.270. The number of nitrogens with zero attached hydrogens (tertiary/aromatic N) is 1. The first-order chi connectivity index (χ1) is 7.77. The van der Waals surface area contributed by atoms with Crippen molar-refractivity contribution >= 4 is 12.6 Å². The number of thiol groups is 1. The Bertz CT molecular complexity index is 175. The number of nitrogens with one attached hydrogen (secondary N) is 1. The van der Waals surface area contributed by atoms with Crippen LogP contribution in [0.2, 0.25) is 0 Å². The third-order valence-electron chi connectivity index (χ3n) is 3.77. The summed E-state index contributed by atoms with van der Waals surface area (Å²) in [7, 11) is 0. The van der Waals surface area contributed by atoms with Crippen LogP contribution in [0.5, 0.6) is 0 Å². The Morgan fingerprint density at radius 1 is 1.31 bits per heavy atom. The van der Waals surface area contributed by atoms with Gasteiger partial charge in [0.15, 0.2) is 0 Å². The second-order valence-corrected chi connectivity index (χ2v) is 5.47. The van der Waals surface area contributed by atoms with Gasteiger partial charge < -0.3 is 10.2 Å². The SMILES string of the molecule is CC[C@H]1CC[C@H](C)N(CCCNCCS)C1. The molecule has 0 amide bonds. The quantitative estimate of drug-likeness (QED) is 0.528. The molecule has 0 radical (unpaired) electrons. The monoisotopic (exact) mass is 244 g/mol. The van der Waals surface area contributed by atoms with E-state index in [2.05, 4.69) is 36.7 Å². The molecule has 1 N–H and O–H groups in total. The Balaban J connectivity index is 2.13. The molecule has 0 bridgehead atoms. The van der Waals surface area contributed by atoms with Crippen molar-refractivity contribution in [3.05, 3.63) is 0 Å². The van der Waals surface area contributed by atoms with Crippen LogP contribution in [0.15, 0.2) is 0 Å². The van der Waals surface area contributed by atoms with E-state index in [-0.39, 0.29) is 0 Å². The molecule has 0 spiro atoms. The zero-order valence-electron chi connectivity index (χ0n) is 10.9. The zero-order valence-corrected chi connectivity index (χ0v) is 11.8. The van der Waals surface area contributed by atoms with Crippen molar-refractivity contribution in [2.75, 3.05) is 31.9 Å². The zero-order chi connectivity index (χ0) is 11.8. The van der Waals surface area contributed by atoms with Crippen LogP contribution in [0.4, 0.5) is 0 Å². The van der Waals surface area contributed by atoms with E-state index in [1.165, 1.54) is 38.8 Å². The van der Waals surface area contributed by atoms with Gasteiger partial charge in [0.2, 0.25) is 0 Å². The Kier molecular flexibility index (Phi) is 7.50. The molecule has 1 heterocycles. The standard InChI is InChI=1S/C13H28N2S/c1-3-13-6-5-12(2)15(11-13)9-4-7-14-8-10-16/h12-14,16H,3-11H2,1-2H3/t12-,13-/m0/s1. The van der Waals surface area contributed by atoms with E-state index in [4.69, 9.17) is 0 Å². The molecule has 0 aromatic heterocycles. The van der Waals surface area contributed by atoms with Gasteiger partial charge in [-0.25, -0.2) is 0 Å². The summed E-state index contributed by atoms with van der Waals surface area (Å²) < 4.78 is 0. The minimum absolute atomic E-state index is 0.799. The van der Waals surface area contributed by atoms with Crippen LogP contribution < -0.4 is 5.32 Å². The van der Waals surface area contributed by atoms with Crippen molar-refractivity contribution in [2.24, 2.45) is 5.92 Å². The molecule has 0 aliphatic carbocycles. The van der Waals surface area contributed by atoms with Gasteiger partial charge in [-0.05, 0) is 45.2 Å². The van der Waals surface area contributed by atoms with Crippen LogP contribution in [0.3, 0.4) is 0 Å². The normalized spacial score (nSPS) is 27.2. The lowest BCUT2D eigenvalue weighted by atomic mass is 9.91. The third kappa shape index (κ3) is 5.07. The van der Waals surface area contributed by atoms with Gasteiger partial charge in [0.25, 0.3) is 0 Å². The molecule has 3 heteroatoms. The van der Waals surface area contributed by atoms with Gasteiger partial charge in [-0.1, -0.05) is 13.3 Å². The highest BCUT2D eigenvalue weighted by Crippen LogP contribution is 2.23. The summed E-state index contributed by atoms with van der Waals surface area (Å²) in [5.74, 6) is 1.89. The maximum Gasteiger partial charge on any atom is 0.00671 e. The van der Waals surface area contributed by atoms with Crippen molar-refractivity contribution in [1.82, 2.24) is 10.2 Å². The van der Waals surface area contributed by atoms with E-state index in [1.54, 1.807) is 0 Å². The first-order valence-electron chi connectivity index (χ1n) is 6.83. The molecule has 1 rings (SSSR count). The summed E-state index contributed by atoms with van der Waals surface area (Å²) in [6.07, 6.45) is 5.45. The van der Waals surface area contributed by atoms with Crippen LogP contribution in [-0.2, 0) is 0 Å². The Morgan fingerprint density at radius 2 is 2.12 bits per heavy atom. The second kappa shape index (κ2) is 8.37. The number of likely N-dealkylation sites (tertiary alicyclic amines) is 1. The lowest BCUT2D eigenvalue weighted by Crippen LogP contribution is -2.42. The van der Waals surface area contributed by atoms with Crippen LogP contribution >= 0.6 is 12.6 Å². The molecule has 0 saturated carbocycles. The second-order valence-electron chi connectivity index (χ2n) is 5.02. The molecule has 1 aliphatic heterocycles.